The van der Waals surface area contributed by atoms with Crippen molar-refractivity contribution >= 4 is 12.0 Å². The van der Waals surface area contributed by atoms with Crippen molar-refractivity contribution in [2.75, 3.05) is 6.61 Å². The first-order valence-electron chi connectivity index (χ1n) is 12.6. The number of carbonyl (C=O) groups is 1. The SMILES string of the molecule is C[C@@]12C=C[C@]3(CC[C@H]4[C@](C)(COC(=O)/C=C/c5ccc(O)cc5)CCC[C@]4(C)[C@H]3[C@@H](O)C1)C2. The lowest BCUT2D eigenvalue weighted by Crippen LogP contribution is -2.61. The normalized spacial score (nSPS) is 43.8. The number of aromatic hydroxyl groups is 1. The minimum absolute atomic E-state index is 0.0644. The van der Waals surface area contributed by atoms with E-state index in [4.69, 9.17) is 4.74 Å². The molecule has 0 aromatic heterocycles. The maximum atomic E-state index is 12.5. The fourth-order valence-electron chi connectivity index (χ4n) is 8.68. The molecule has 3 saturated carbocycles. The first-order valence-corrected chi connectivity index (χ1v) is 12.6. The second-order valence-corrected chi connectivity index (χ2v) is 12.3. The fourth-order valence-corrected chi connectivity index (χ4v) is 8.68. The minimum atomic E-state index is -0.323. The van der Waals surface area contributed by atoms with Crippen LogP contribution in [0.5, 0.6) is 5.75 Å². The van der Waals surface area contributed by atoms with Crippen molar-refractivity contribution in [1.29, 1.82) is 0 Å². The molecule has 7 atom stereocenters. The van der Waals surface area contributed by atoms with Gasteiger partial charge in [0.15, 0.2) is 0 Å². The van der Waals surface area contributed by atoms with E-state index in [0.717, 1.165) is 44.1 Å². The zero-order valence-electron chi connectivity index (χ0n) is 20.2. The molecule has 0 amide bonds. The van der Waals surface area contributed by atoms with Crippen molar-refractivity contribution in [1.82, 2.24) is 0 Å². The average molecular weight is 451 g/mol. The predicted molar refractivity (Wildman–Crippen MR) is 129 cm³/mol. The van der Waals surface area contributed by atoms with Crippen LogP contribution in [0.2, 0.25) is 0 Å². The molecule has 1 spiro atoms. The van der Waals surface area contributed by atoms with Gasteiger partial charge in [-0.05, 0) is 90.4 Å². The van der Waals surface area contributed by atoms with E-state index < -0.39 is 0 Å². The van der Waals surface area contributed by atoms with E-state index in [1.54, 1.807) is 30.3 Å². The Hall–Kier alpha value is -2.07. The molecule has 5 rings (SSSR count). The Balaban J connectivity index is 1.31. The molecule has 0 radical (unpaired) electrons. The van der Waals surface area contributed by atoms with Gasteiger partial charge < -0.3 is 14.9 Å². The number of hydrogen-bond donors (Lipinski definition) is 2. The summed E-state index contributed by atoms with van der Waals surface area (Å²) in [4.78, 5) is 12.5. The van der Waals surface area contributed by atoms with E-state index in [9.17, 15) is 15.0 Å². The molecule has 4 heteroatoms. The van der Waals surface area contributed by atoms with Crippen LogP contribution in [0.25, 0.3) is 6.08 Å². The van der Waals surface area contributed by atoms with E-state index in [1.165, 1.54) is 12.5 Å². The Kier molecular flexibility index (Phi) is 5.32. The number of fused-ring (bicyclic) bond motifs is 3. The standard InChI is InChI=1S/C29H38O4/c1-26-15-16-29(18-26)14-11-23-27(2,12-4-13-28(23,3)25(29)22(31)17-26)19-33-24(32)10-7-20-5-8-21(30)9-6-20/h5-10,15-16,22-23,25,30-31H,4,11-14,17-19H2,1-3H3/b10-7+/t22-,23-,25+,26+,27-,28-,29+/m0/s1. The Bertz CT molecular complexity index is 980. The third-order valence-corrected chi connectivity index (χ3v) is 9.79. The molecule has 0 heterocycles. The fraction of sp³-hybridized carbons (Fsp3) is 0.621. The molecular formula is C29H38O4. The molecule has 0 aliphatic heterocycles. The van der Waals surface area contributed by atoms with E-state index in [1.807, 2.05) is 0 Å². The van der Waals surface area contributed by atoms with Gasteiger partial charge in [-0.15, -0.1) is 0 Å². The maximum Gasteiger partial charge on any atom is 0.330 e. The summed E-state index contributed by atoms with van der Waals surface area (Å²) in [7, 11) is 0. The number of phenolic OH excluding ortho intramolecular Hbond substituents is 1. The molecule has 2 N–H and O–H groups in total. The van der Waals surface area contributed by atoms with E-state index >= 15 is 0 Å². The summed E-state index contributed by atoms with van der Waals surface area (Å²) in [6.07, 6.45) is 15.4. The van der Waals surface area contributed by atoms with Crippen molar-refractivity contribution in [2.45, 2.75) is 71.8 Å². The van der Waals surface area contributed by atoms with Gasteiger partial charge in [0, 0.05) is 11.5 Å². The number of allylic oxidation sites excluding steroid dienone is 2. The molecule has 178 valence electrons. The summed E-state index contributed by atoms with van der Waals surface area (Å²) in [5.41, 5.74) is 1.13. The van der Waals surface area contributed by atoms with Crippen molar-refractivity contribution < 1.29 is 19.7 Å². The molecule has 3 fully saturated rings. The number of esters is 1. The molecular weight excluding hydrogens is 412 g/mol. The topological polar surface area (TPSA) is 66.8 Å². The van der Waals surface area contributed by atoms with E-state index in [2.05, 4.69) is 32.9 Å². The smallest absolute Gasteiger partial charge is 0.330 e. The molecule has 1 aromatic rings. The summed E-state index contributed by atoms with van der Waals surface area (Å²) in [5.74, 6) is 0.616. The highest BCUT2D eigenvalue weighted by Gasteiger charge is 2.66. The highest BCUT2D eigenvalue weighted by Crippen LogP contribution is 2.71. The summed E-state index contributed by atoms with van der Waals surface area (Å²) in [6, 6.07) is 6.74. The number of aliphatic hydroxyl groups is 1. The molecule has 33 heavy (non-hydrogen) atoms. The number of rotatable bonds is 4. The number of hydrogen-bond acceptors (Lipinski definition) is 4. The largest absolute Gasteiger partial charge is 0.508 e. The molecule has 4 nitrogen and oxygen atoms in total. The van der Waals surface area contributed by atoms with Crippen LogP contribution in [0, 0.1) is 33.5 Å². The molecule has 0 unspecified atom stereocenters. The third kappa shape index (κ3) is 3.75. The lowest BCUT2D eigenvalue weighted by molar-refractivity contribution is -0.196. The number of aliphatic hydroxyl groups excluding tert-OH is 1. The number of benzene rings is 1. The van der Waals surface area contributed by atoms with Crippen LogP contribution in [0.4, 0.5) is 0 Å². The third-order valence-electron chi connectivity index (χ3n) is 9.79. The second-order valence-electron chi connectivity index (χ2n) is 12.3. The highest BCUT2D eigenvalue weighted by atomic mass is 16.5. The molecule has 4 aliphatic rings. The first-order chi connectivity index (χ1) is 15.6. The summed E-state index contributed by atoms with van der Waals surface area (Å²) in [5, 5.41) is 20.8. The molecule has 4 aliphatic carbocycles. The second kappa shape index (κ2) is 7.73. The summed E-state index contributed by atoms with van der Waals surface area (Å²) < 4.78 is 5.81. The zero-order chi connectivity index (χ0) is 23.5. The van der Waals surface area contributed by atoms with Crippen LogP contribution >= 0.6 is 0 Å². The number of ether oxygens (including phenoxy) is 1. The van der Waals surface area contributed by atoms with Gasteiger partial charge in [0.2, 0.25) is 0 Å². The Morgan fingerprint density at radius 2 is 1.88 bits per heavy atom. The van der Waals surface area contributed by atoms with Crippen molar-refractivity contribution in [2.24, 2.45) is 33.5 Å². The van der Waals surface area contributed by atoms with Crippen molar-refractivity contribution in [3.63, 3.8) is 0 Å². The number of carbonyl (C=O) groups excluding carboxylic acids is 1. The van der Waals surface area contributed by atoms with Crippen LogP contribution in [-0.4, -0.2) is 28.9 Å². The van der Waals surface area contributed by atoms with Crippen LogP contribution in [0.3, 0.4) is 0 Å². The zero-order valence-corrected chi connectivity index (χ0v) is 20.2. The Labute approximate surface area is 197 Å². The number of phenols is 1. The minimum Gasteiger partial charge on any atom is -0.508 e. The van der Waals surface area contributed by atoms with E-state index in [0.29, 0.717) is 18.4 Å². The van der Waals surface area contributed by atoms with Crippen LogP contribution in [0.1, 0.15) is 71.3 Å². The van der Waals surface area contributed by atoms with Gasteiger partial charge >= 0.3 is 5.97 Å². The van der Waals surface area contributed by atoms with Crippen molar-refractivity contribution in [3.05, 3.63) is 48.1 Å². The van der Waals surface area contributed by atoms with Gasteiger partial charge in [-0.2, -0.15) is 0 Å². The average Bonchev–Trinajstić information content (AvgIpc) is 3.01. The predicted octanol–water partition coefficient (Wildman–Crippen LogP) is 5.89. The van der Waals surface area contributed by atoms with Gasteiger partial charge in [0.05, 0.1) is 12.7 Å². The first kappa shape index (κ1) is 22.7. The molecule has 2 bridgehead atoms. The summed E-state index contributed by atoms with van der Waals surface area (Å²) >= 11 is 0. The maximum absolute atomic E-state index is 12.5. The quantitative estimate of drug-likeness (QED) is 0.341. The molecule has 0 saturated heterocycles. The van der Waals surface area contributed by atoms with Gasteiger partial charge in [0.1, 0.15) is 5.75 Å². The van der Waals surface area contributed by atoms with E-state index in [-0.39, 0.29) is 39.5 Å². The van der Waals surface area contributed by atoms with Crippen LogP contribution < -0.4 is 0 Å². The van der Waals surface area contributed by atoms with Crippen LogP contribution in [0.15, 0.2) is 42.5 Å². The lowest BCUT2D eigenvalue weighted by Gasteiger charge is -2.65. The monoisotopic (exact) mass is 450 g/mol. The summed E-state index contributed by atoms with van der Waals surface area (Å²) in [6.45, 7) is 7.46. The molecule has 1 aromatic carbocycles. The van der Waals surface area contributed by atoms with Crippen LogP contribution in [-0.2, 0) is 9.53 Å². The van der Waals surface area contributed by atoms with Crippen molar-refractivity contribution in [3.8, 4) is 5.75 Å². The van der Waals surface area contributed by atoms with Gasteiger partial charge in [-0.25, -0.2) is 4.79 Å². The van der Waals surface area contributed by atoms with Gasteiger partial charge in [0.25, 0.3) is 0 Å². The Morgan fingerprint density at radius 3 is 2.64 bits per heavy atom. The van der Waals surface area contributed by atoms with Gasteiger partial charge in [-0.1, -0.05) is 51.5 Å². The lowest BCUT2D eigenvalue weighted by atomic mass is 9.40. The Morgan fingerprint density at radius 1 is 1.12 bits per heavy atom. The highest BCUT2D eigenvalue weighted by molar-refractivity contribution is 5.87. The van der Waals surface area contributed by atoms with Gasteiger partial charge in [-0.3, -0.25) is 0 Å².